The lowest BCUT2D eigenvalue weighted by Crippen LogP contribution is -2.05. The zero-order valence-corrected chi connectivity index (χ0v) is 12.0. The van der Waals surface area contributed by atoms with Crippen molar-refractivity contribution in [1.29, 1.82) is 0 Å². The van der Waals surface area contributed by atoms with Crippen LogP contribution in [0, 0.1) is 0 Å². The number of aromatic nitrogens is 3. The molecule has 0 saturated heterocycles. The summed E-state index contributed by atoms with van der Waals surface area (Å²) in [7, 11) is 0. The molecule has 3 aromatic rings. The Kier molecular flexibility index (Phi) is 4.57. The molecule has 0 fully saturated rings. The standard InChI is InChI=1S/C17H16N4O/c1-2-6-14(7-3-1)13-22-17-12-18-11-16(21-17)20-10-15-8-4-5-9-19-15/h1-9,11-12H,10,13H2,(H,20,21). The summed E-state index contributed by atoms with van der Waals surface area (Å²) < 4.78 is 5.66. The third-order valence-electron chi connectivity index (χ3n) is 3.02. The van der Waals surface area contributed by atoms with Gasteiger partial charge < -0.3 is 10.1 Å². The van der Waals surface area contributed by atoms with E-state index in [0.717, 1.165) is 11.3 Å². The van der Waals surface area contributed by atoms with E-state index in [-0.39, 0.29) is 0 Å². The Bertz CT molecular complexity index is 645. The average Bonchev–Trinajstić information content (AvgIpc) is 2.60. The van der Waals surface area contributed by atoms with Crippen LogP contribution in [0.4, 0.5) is 5.82 Å². The first kappa shape index (κ1) is 14.0. The van der Waals surface area contributed by atoms with Gasteiger partial charge in [0.25, 0.3) is 0 Å². The van der Waals surface area contributed by atoms with Crippen LogP contribution in [0.25, 0.3) is 0 Å². The monoisotopic (exact) mass is 292 g/mol. The molecule has 0 radical (unpaired) electrons. The minimum absolute atomic E-state index is 0.471. The largest absolute Gasteiger partial charge is 0.472 e. The smallest absolute Gasteiger partial charge is 0.234 e. The van der Waals surface area contributed by atoms with Gasteiger partial charge in [-0.15, -0.1) is 0 Å². The number of pyridine rings is 1. The van der Waals surface area contributed by atoms with Crippen LogP contribution in [0.15, 0.2) is 67.1 Å². The highest BCUT2D eigenvalue weighted by Crippen LogP contribution is 2.12. The molecule has 0 spiro atoms. The lowest BCUT2D eigenvalue weighted by molar-refractivity contribution is 0.293. The second-order valence-corrected chi connectivity index (χ2v) is 4.69. The van der Waals surface area contributed by atoms with Crippen LogP contribution in [-0.4, -0.2) is 15.0 Å². The topological polar surface area (TPSA) is 59.9 Å². The molecule has 3 rings (SSSR count). The highest BCUT2D eigenvalue weighted by molar-refractivity contribution is 5.34. The Morgan fingerprint density at radius 1 is 0.955 bits per heavy atom. The fourth-order valence-electron chi connectivity index (χ4n) is 1.92. The van der Waals surface area contributed by atoms with E-state index in [0.29, 0.717) is 24.8 Å². The van der Waals surface area contributed by atoms with Crippen molar-refractivity contribution < 1.29 is 4.74 Å². The number of nitrogens with one attached hydrogen (secondary N) is 1. The lowest BCUT2D eigenvalue weighted by Gasteiger charge is -2.08. The van der Waals surface area contributed by atoms with Crippen LogP contribution in [-0.2, 0) is 13.2 Å². The van der Waals surface area contributed by atoms with E-state index in [9.17, 15) is 0 Å². The van der Waals surface area contributed by atoms with Gasteiger partial charge in [-0.2, -0.15) is 4.98 Å². The minimum Gasteiger partial charge on any atom is -0.472 e. The normalized spacial score (nSPS) is 10.2. The maximum atomic E-state index is 5.66. The maximum Gasteiger partial charge on any atom is 0.234 e. The molecule has 5 heteroatoms. The molecule has 0 aliphatic rings. The Labute approximate surface area is 129 Å². The van der Waals surface area contributed by atoms with Crippen molar-refractivity contribution in [2.24, 2.45) is 0 Å². The zero-order chi connectivity index (χ0) is 15.0. The summed E-state index contributed by atoms with van der Waals surface area (Å²) in [6.07, 6.45) is 5.04. The molecule has 22 heavy (non-hydrogen) atoms. The van der Waals surface area contributed by atoms with Crippen molar-refractivity contribution in [3.05, 3.63) is 78.4 Å². The molecule has 0 saturated carbocycles. The number of ether oxygens (including phenoxy) is 1. The Morgan fingerprint density at radius 3 is 2.64 bits per heavy atom. The molecule has 0 aliphatic carbocycles. The van der Waals surface area contributed by atoms with Crippen LogP contribution >= 0.6 is 0 Å². The Hall–Kier alpha value is -2.95. The van der Waals surface area contributed by atoms with Gasteiger partial charge in [0.1, 0.15) is 12.4 Å². The molecule has 1 N–H and O–H groups in total. The zero-order valence-electron chi connectivity index (χ0n) is 12.0. The highest BCUT2D eigenvalue weighted by Gasteiger charge is 2.01. The minimum atomic E-state index is 0.471. The van der Waals surface area contributed by atoms with Gasteiger partial charge in [0.2, 0.25) is 5.88 Å². The summed E-state index contributed by atoms with van der Waals surface area (Å²) in [6, 6.07) is 15.8. The molecule has 0 amide bonds. The van der Waals surface area contributed by atoms with Crippen LogP contribution in [0.2, 0.25) is 0 Å². The quantitative estimate of drug-likeness (QED) is 0.756. The fraction of sp³-hybridized carbons (Fsp3) is 0.118. The van der Waals surface area contributed by atoms with Gasteiger partial charge in [0.05, 0.1) is 24.6 Å². The SMILES string of the molecule is c1ccc(COc2cncc(NCc3ccccn3)n2)cc1. The lowest BCUT2D eigenvalue weighted by atomic mass is 10.2. The van der Waals surface area contributed by atoms with Crippen molar-refractivity contribution in [2.45, 2.75) is 13.2 Å². The Balaban J connectivity index is 1.58. The molecule has 0 unspecified atom stereocenters. The predicted molar refractivity (Wildman–Crippen MR) is 84.4 cm³/mol. The summed E-state index contributed by atoms with van der Waals surface area (Å²) in [5, 5.41) is 3.18. The summed E-state index contributed by atoms with van der Waals surface area (Å²) in [5.74, 6) is 1.16. The number of hydrogen-bond donors (Lipinski definition) is 1. The van der Waals surface area contributed by atoms with Crippen molar-refractivity contribution in [1.82, 2.24) is 15.0 Å². The number of nitrogens with zero attached hydrogens (tertiary/aromatic N) is 3. The van der Waals surface area contributed by atoms with Gasteiger partial charge in [-0.25, -0.2) is 0 Å². The third-order valence-corrected chi connectivity index (χ3v) is 3.02. The summed E-state index contributed by atoms with van der Waals surface area (Å²) in [6.45, 7) is 1.07. The highest BCUT2D eigenvalue weighted by atomic mass is 16.5. The van der Waals surface area contributed by atoms with Crippen molar-refractivity contribution in [3.8, 4) is 5.88 Å². The van der Waals surface area contributed by atoms with Gasteiger partial charge >= 0.3 is 0 Å². The molecule has 1 aromatic carbocycles. The van der Waals surface area contributed by atoms with Gasteiger partial charge in [0.15, 0.2) is 0 Å². The van der Waals surface area contributed by atoms with Crippen molar-refractivity contribution in [2.75, 3.05) is 5.32 Å². The van der Waals surface area contributed by atoms with Crippen LogP contribution < -0.4 is 10.1 Å². The molecule has 5 nitrogen and oxygen atoms in total. The van der Waals surface area contributed by atoms with E-state index in [1.54, 1.807) is 18.6 Å². The van der Waals surface area contributed by atoms with E-state index < -0.39 is 0 Å². The molecular formula is C17H16N4O. The van der Waals surface area contributed by atoms with Crippen molar-refractivity contribution >= 4 is 5.82 Å². The molecule has 110 valence electrons. The first-order chi connectivity index (χ1) is 10.9. The molecular weight excluding hydrogens is 276 g/mol. The van der Waals surface area contributed by atoms with E-state index >= 15 is 0 Å². The predicted octanol–water partition coefficient (Wildman–Crippen LogP) is 3.06. The summed E-state index contributed by atoms with van der Waals surface area (Å²) >= 11 is 0. The number of rotatable bonds is 6. The third kappa shape index (κ3) is 4.02. The second kappa shape index (κ2) is 7.17. The van der Waals surface area contributed by atoms with Gasteiger partial charge in [0, 0.05) is 6.20 Å². The summed E-state index contributed by atoms with van der Waals surface area (Å²) in [4.78, 5) is 12.8. The van der Waals surface area contributed by atoms with Crippen LogP contribution in [0.3, 0.4) is 0 Å². The van der Waals surface area contributed by atoms with Crippen LogP contribution in [0.5, 0.6) is 5.88 Å². The average molecular weight is 292 g/mol. The molecule has 2 aromatic heterocycles. The van der Waals surface area contributed by atoms with Gasteiger partial charge in [-0.1, -0.05) is 36.4 Å². The van der Waals surface area contributed by atoms with Gasteiger partial charge in [-0.3, -0.25) is 9.97 Å². The van der Waals surface area contributed by atoms with E-state index in [4.69, 9.17) is 4.74 Å². The number of benzene rings is 1. The first-order valence-corrected chi connectivity index (χ1v) is 7.03. The molecule has 0 bridgehead atoms. The molecule has 0 aliphatic heterocycles. The van der Waals surface area contributed by atoms with Crippen molar-refractivity contribution in [3.63, 3.8) is 0 Å². The Morgan fingerprint density at radius 2 is 1.82 bits per heavy atom. The summed E-state index contributed by atoms with van der Waals surface area (Å²) in [5.41, 5.74) is 2.04. The van der Waals surface area contributed by atoms with Gasteiger partial charge in [-0.05, 0) is 17.7 Å². The van der Waals surface area contributed by atoms with E-state index in [1.165, 1.54) is 0 Å². The number of anilines is 1. The molecule has 2 heterocycles. The van der Waals surface area contributed by atoms with E-state index in [2.05, 4.69) is 20.3 Å². The maximum absolute atomic E-state index is 5.66. The second-order valence-electron chi connectivity index (χ2n) is 4.69. The van der Waals surface area contributed by atoms with E-state index in [1.807, 2.05) is 48.5 Å². The number of hydrogen-bond acceptors (Lipinski definition) is 5. The molecule has 0 atom stereocenters. The first-order valence-electron chi connectivity index (χ1n) is 7.03. The fourth-order valence-corrected chi connectivity index (χ4v) is 1.92. The van der Waals surface area contributed by atoms with Crippen LogP contribution in [0.1, 0.15) is 11.3 Å².